The van der Waals surface area contributed by atoms with Gasteiger partial charge in [-0.25, -0.2) is 4.98 Å². The predicted molar refractivity (Wildman–Crippen MR) is 230 cm³/mol. The molecule has 262 valence electrons. The van der Waals surface area contributed by atoms with E-state index < -0.39 is 0 Å². The van der Waals surface area contributed by atoms with Crippen LogP contribution in [0.4, 0.5) is 0 Å². The third-order valence-electron chi connectivity index (χ3n) is 10.8. The molecular weight excluding hydrogens is 683 g/mol. The van der Waals surface area contributed by atoms with Gasteiger partial charge in [0.15, 0.2) is 11.6 Å². The molecule has 0 aliphatic heterocycles. The van der Waals surface area contributed by atoms with Crippen molar-refractivity contribution < 1.29 is 0 Å². The van der Waals surface area contributed by atoms with E-state index in [1.54, 1.807) is 0 Å². The van der Waals surface area contributed by atoms with E-state index in [2.05, 4.69) is 203 Å². The van der Waals surface area contributed by atoms with E-state index in [1.807, 2.05) is 6.07 Å². The lowest BCUT2D eigenvalue weighted by Gasteiger charge is -2.13. The van der Waals surface area contributed by atoms with Gasteiger partial charge in [0.1, 0.15) is 0 Å². The molecule has 0 atom stereocenters. The quantitative estimate of drug-likeness (QED) is 0.172. The largest absolute Gasteiger partial charge is 0.309 e. The Kier molecular flexibility index (Phi) is 7.42. The Morgan fingerprint density at radius 1 is 0.268 bits per heavy atom. The first-order valence-electron chi connectivity index (χ1n) is 18.9. The van der Waals surface area contributed by atoms with Gasteiger partial charge in [-0.05, 0) is 64.7 Å². The summed E-state index contributed by atoms with van der Waals surface area (Å²) in [6.07, 6.45) is 0. The molecule has 3 heterocycles. The van der Waals surface area contributed by atoms with Gasteiger partial charge in [0.25, 0.3) is 0 Å². The van der Waals surface area contributed by atoms with Crippen molar-refractivity contribution in [2.75, 3.05) is 0 Å². The zero-order valence-electron chi connectivity index (χ0n) is 30.3. The van der Waals surface area contributed by atoms with Crippen molar-refractivity contribution >= 4 is 43.6 Å². The number of benzene rings is 8. The first-order valence-corrected chi connectivity index (χ1v) is 18.9. The second kappa shape index (κ2) is 13.0. The number of fused-ring (bicyclic) bond motifs is 6. The molecule has 0 radical (unpaired) electrons. The highest BCUT2D eigenvalue weighted by atomic mass is 15.2. The molecule has 0 saturated carbocycles. The van der Waals surface area contributed by atoms with Gasteiger partial charge < -0.3 is 4.57 Å². The van der Waals surface area contributed by atoms with Crippen LogP contribution in [0.15, 0.2) is 200 Å². The summed E-state index contributed by atoms with van der Waals surface area (Å²) in [6.45, 7) is 0. The molecule has 8 aromatic carbocycles. The van der Waals surface area contributed by atoms with Crippen LogP contribution in [0.3, 0.4) is 0 Å². The first-order chi connectivity index (χ1) is 27.8. The summed E-state index contributed by atoms with van der Waals surface area (Å²) in [5.74, 6) is 1.78. The minimum Gasteiger partial charge on any atom is -0.309 e. The molecule has 0 bridgehead atoms. The Labute approximate surface area is 323 Å². The average molecular weight is 716 g/mol. The Bertz CT molecular complexity index is 3140. The number of rotatable bonds is 6. The number of nitrogens with zero attached hydrogens (tertiary/aromatic N) is 5. The topological polar surface area (TPSA) is 48.5 Å². The lowest BCUT2D eigenvalue weighted by Crippen LogP contribution is -2.06. The summed E-state index contributed by atoms with van der Waals surface area (Å²) in [7, 11) is 0. The highest BCUT2D eigenvalue weighted by molar-refractivity contribution is 6.10. The summed E-state index contributed by atoms with van der Waals surface area (Å²) >= 11 is 0. The van der Waals surface area contributed by atoms with Crippen molar-refractivity contribution in [2.24, 2.45) is 0 Å². The Morgan fingerprint density at radius 2 is 0.661 bits per heavy atom. The standard InChI is InChI=1S/C51H33N5/c1-2-14-34(15-3-1)35-28-30-36(31-29-35)37-16-12-17-38(32-37)49-52-50(54-51(53-49)56-47-26-10-6-22-43(47)44-23-7-11-27-48(44)56)39-18-13-19-40(33-39)55-45-24-8-4-20-41(45)42-21-5-9-25-46(42)55/h1-33H. The highest BCUT2D eigenvalue weighted by Gasteiger charge is 2.19. The molecule has 0 amide bonds. The lowest BCUT2D eigenvalue weighted by molar-refractivity contribution is 0.953. The van der Waals surface area contributed by atoms with Gasteiger partial charge in [-0.2, -0.15) is 9.97 Å². The van der Waals surface area contributed by atoms with Crippen molar-refractivity contribution in [3.8, 4) is 56.7 Å². The maximum Gasteiger partial charge on any atom is 0.238 e. The van der Waals surface area contributed by atoms with Gasteiger partial charge >= 0.3 is 0 Å². The molecule has 0 fully saturated rings. The van der Waals surface area contributed by atoms with Crippen molar-refractivity contribution in [3.63, 3.8) is 0 Å². The van der Waals surface area contributed by atoms with E-state index in [0.29, 0.717) is 17.6 Å². The van der Waals surface area contributed by atoms with Crippen LogP contribution < -0.4 is 0 Å². The lowest BCUT2D eigenvalue weighted by atomic mass is 9.99. The van der Waals surface area contributed by atoms with Crippen LogP contribution in [-0.2, 0) is 0 Å². The first kappa shape index (κ1) is 31.9. The van der Waals surface area contributed by atoms with Gasteiger partial charge in [0.2, 0.25) is 5.95 Å². The fourth-order valence-corrected chi connectivity index (χ4v) is 8.17. The highest BCUT2D eigenvalue weighted by Crippen LogP contribution is 2.35. The monoisotopic (exact) mass is 715 g/mol. The van der Waals surface area contributed by atoms with E-state index >= 15 is 0 Å². The van der Waals surface area contributed by atoms with E-state index in [1.165, 1.54) is 21.9 Å². The van der Waals surface area contributed by atoms with Crippen LogP contribution in [-0.4, -0.2) is 24.1 Å². The zero-order valence-corrected chi connectivity index (χ0v) is 30.3. The van der Waals surface area contributed by atoms with Crippen LogP contribution in [0.1, 0.15) is 0 Å². The molecule has 0 unspecified atom stereocenters. The van der Waals surface area contributed by atoms with E-state index in [-0.39, 0.29) is 0 Å². The Balaban J connectivity index is 1.10. The molecule has 0 saturated heterocycles. The van der Waals surface area contributed by atoms with Crippen LogP contribution >= 0.6 is 0 Å². The van der Waals surface area contributed by atoms with Crippen LogP contribution in [0, 0.1) is 0 Å². The maximum atomic E-state index is 5.27. The number of aromatic nitrogens is 5. The minimum absolute atomic E-state index is 0.572. The predicted octanol–water partition coefficient (Wildman–Crippen LogP) is 12.7. The third kappa shape index (κ3) is 5.29. The van der Waals surface area contributed by atoms with Crippen LogP contribution in [0.2, 0.25) is 0 Å². The summed E-state index contributed by atoms with van der Waals surface area (Å²) < 4.78 is 4.50. The minimum atomic E-state index is 0.572. The van der Waals surface area contributed by atoms with E-state index in [4.69, 9.17) is 15.0 Å². The average Bonchev–Trinajstić information content (AvgIpc) is 3.80. The Hall–Kier alpha value is -7.63. The number of hydrogen-bond acceptors (Lipinski definition) is 3. The van der Waals surface area contributed by atoms with Gasteiger partial charge in [0.05, 0.1) is 22.1 Å². The summed E-state index contributed by atoms with van der Waals surface area (Å²) in [6, 6.07) is 70.3. The van der Waals surface area contributed by atoms with Gasteiger partial charge in [0, 0.05) is 38.4 Å². The molecule has 11 aromatic rings. The molecule has 56 heavy (non-hydrogen) atoms. The maximum absolute atomic E-state index is 5.27. The van der Waals surface area contributed by atoms with Crippen LogP contribution in [0.5, 0.6) is 0 Å². The smallest absolute Gasteiger partial charge is 0.238 e. The molecule has 3 aromatic heterocycles. The molecule has 0 N–H and O–H groups in total. The van der Waals surface area contributed by atoms with E-state index in [9.17, 15) is 0 Å². The fourth-order valence-electron chi connectivity index (χ4n) is 8.17. The molecule has 0 aliphatic carbocycles. The number of para-hydroxylation sites is 4. The second-order valence-electron chi connectivity index (χ2n) is 14.1. The summed E-state index contributed by atoms with van der Waals surface area (Å²) in [5, 5.41) is 4.75. The Morgan fingerprint density at radius 3 is 1.21 bits per heavy atom. The van der Waals surface area contributed by atoms with Crippen molar-refractivity contribution in [1.29, 1.82) is 0 Å². The fraction of sp³-hybridized carbons (Fsp3) is 0. The second-order valence-corrected chi connectivity index (χ2v) is 14.1. The van der Waals surface area contributed by atoms with Gasteiger partial charge in [-0.3, -0.25) is 4.57 Å². The molecule has 0 spiro atoms. The van der Waals surface area contributed by atoms with Crippen molar-refractivity contribution in [1.82, 2.24) is 24.1 Å². The molecule has 0 aliphatic rings. The molecule has 5 heteroatoms. The molecule has 11 rings (SSSR count). The molecule has 5 nitrogen and oxygen atoms in total. The van der Waals surface area contributed by atoms with Crippen molar-refractivity contribution in [2.45, 2.75) is 0 Å². The number of hydrogen-bond donors (Lipinski definition) is 0. The zero-order chi connectivity index (χ0) is 37.0. The van der Waals surface area contributed by atoms with Crippen molar-refractivity contribution in [3.05, 3.63) is 200 Å². The third-order valence-corrected chi connectivity index (χ3v) is 10.8. The molecular formula is C51H33N5. The SMILES string of the molecule is c1ccc(-c2ccc(-c3cccc(-c4nc(-c5cccc(-n6c7ccccc7c7ccccc76)c5)nc(-n5c6ccccc6c6ccccc65)n4)c3)cc2)cc1. The summed E-state index contributed by atoms with van der Waals surface area (Å²) in [5.41, 5.74) is 11.9. The van der Waals surface area contributed by atoms with E-state index in [0.717, 1.165) is 60.8 Å². The van der Waals surface area contributed by atoms with Crippen LogP contribution in [0.25, 0.3) is 100 Å². The van der Waals surface area contributed by atoms with Gasteiger partial charge in [-0.15, -0.1) is 0 Å². The normalized spacial score (nSPS) is 11.6. The van der Waals surface area contributed by atoms with Gasteiger partial charge in [-0.1, -0.05) is 158 Å². The summed E-state index contributed by atoms with van der Waals surface area (Å²) in [4.78, 5) is 15.8.